The average molecular weight is 438 g/mol. The maximum Gasteiger partial charge on any atom is 0.242 e. The van der Waals surface area contributed by atoms with Crippen molar-refractivity contribution in [2.24, 2.45) is 5.92 Å². The van der Waals surface area contributed by atoms with E-state index in [0.717, 1.165) is 19.0 Å². The maximum absolute atomic E-state index is 13.9. The normalized spacial score (nSPS) is 14.7. The molecule has 3 aromatic rings. The molecule has 3 N–H and O–H groups in total. The maximum atomic E-state index is 13.9. The molecule has 0 amide bonds. The van der Waals surface area contributed by atoms with Gasteiger partial charge in [-0.2, -0.15) is 0 Å². The molecule has 4 rings (SSSR count). The topological polar surface area (TPSA) is 90.0 Å². The van der Waals surface area contributed by atoms with Crippen LogP contribution in [0.1, 0.15) is 12.8 Å². The number of fused-ring (bicyclic) bond motifs is 1. The Morgan fingerprint density at radius 1 is 1.20 bits per heavy atom. The zero-order valence-corrected chi connectivity index (χ0v) is 16.8. The van der Waals surface area contributed by atoms with E-state index in [0.29, 0.717) is 40.4 Å². The quantitative estimate of drug-likeness (QED) is 0.564. The van der Waals surface area contributed by atoms with Gasteiger partial charge < -0.3 is 10.3 Å². The van der Waals surface area contributed by atoms with Crippen LogP contribution < -0.4 is 10.5 Å². The van der Waals surface area contributed by atoms with Crippen molar-refractivity contribution in [1.29, 1.82) is 0 Å². The van der Waals surface area contributed by atoms with Crippen LogP contribution in [0.2, 0.25) is 0 Å². The molecular weight excluding hydrogens is 417 g/mol. The number of nitrogen functional groups attached to an aromatic ring is 1. The van der Waals surface area contributed by atoms with Gasteiger partial charge in [0.25, 0.3) is 0 Å². The molecule has 1 aromatic carbocycles. The highest BCUT2D eigenvalue weighted by atomic mass is 32.2. The second-order valence-electron chi connectivity index (χ2n) is 7.48. The summed E-state index contributed by atoms with van der Waals surface area (Å²) in [5, 5.41) is 0.695. The fraction of sp³-hybridized carbons (Fsp3) is 0.350. The Hall–Kier alpha value is -2.59. The van der Waals surface area contributed by atoms with Gasteiger partial charge in [-0.15, -0.1) is 0 Å². The summed E-state index contributed by atoms with van der Waals surface area (Å²) in [6.45, 7) is -1.66. The van der Waals surface area contributed by atoms with Crippen molar-refractivity contribution in [3.8, 4) is 11.4 Å². The summed E-state index contributed by atoms with van der Waals surface area (Å²) >= 11 is 0. The highest BCUT2D eigenvalue weighted by Gasteiger charge is 2.27. The van der Waals surface area contributed by atoms with Crippen LogP contribution in [0.5, 0.6) is 0 Å². The fourth-order valence-electron chi connectivity index (χ4n) is 3.44. The minimum Gasteiger partial charge on any atom is -0.396 e. The molecule has 0 bridgehead atoms. The number of halogens is 3. The van der Waals surface area contributed by atoms with E-state index < -0.39 is 29.4 Å². The number of rotatable bonds is 8. The molecule has 6 nitrogen and oxygen atoms in total. The highest BCUT2D eigenvalue weighted by molar-refractivity contribution is 7.89. The standard InChI is InChI=1S/C20H21F3N4O2S/c21-8-14(9-22)26-30(28,29)15-4-6-17(25-10-15)20-19(24)16-5-3-13(23)7-18(16)27(20)11-12-1-2-12/h3-7,10,12,14,26H,1-2,8-9,11,24H2. The first-order valence-electron chi connectivity index (χ1n) is 9.52. The van der Waals surface area contributed by atoms with Gasteiger partial charge in [-0.3, -0.25) is 4.98 Å². The van der Waals surface area contributed by atoms with Crippen LogP contribution >= 0.6 is 0 Å². The monoisotopic (exact) mass is 438 g/mol. The number of sulfonamides is 1. The zero-order chi connectivity index (χ0) is 21.5. The van der Waals surface area contributed by atoms with Gasteiger partial charge in [-0.1, -0.05) is 0 Å². The largest absolute Gasteiger partial charge is 0.396 e. The molecule has 10 heteroatoms. The number of alkyl halides is 2. The lowest BCUT2D eigenvalue weighted by Gasteiger charge is -2.13. The first-order valence-corrected chi connectivity index (χ1v) is 11.0. The number of nitrogens with zero attached hydrogens (tertiary/aromatic N) is 2. The summed E-state index contributed by atoms with van der Waals surface area (Å²) in [7, 11) is -4.12. The molecule has 1 saturated carbocycles. The second kappa shape index (κ2) is 7.92. The Bertz CT molecular complexity index is 1170. The average Bonchev–Trinajstić information content (AvgIpc) is 3.51. The molecule has 2 heterocycles. The summed E-state index contributed by atoms with van der Waals surface area (Å²) in [6.07, 6.45) is 3.27. The van der Waals surface area contributed by atoms with Crippen molar-refractivity contribution in [2.45, 2.75) is 30.3 Å². The number of hydrogen-bond donors (Lipinski definition) is 2. The van der Waals surface area contributed by atoms with Gasteiger partial charge in [0.15, 0.2) is 0 Å². The van der Waals surface area contributed by atoms with Crippen molar-refractivity contribution in [3.05, 3.63) is 42.3 Å². The van der Waals surface area contributed by atoms with Gasteiger partial charge in [0, 0.05) is 18.1 Å². The van der Waals surface area contributed by atoms with Gasteiger partial charge in [-0.05, 0) is 49.1 Å². The Morgan fingerprint density at radius 2 is 1.93 bits per heavy atom. The number of benzene rings is 1. The van der Waals surface area contributed by atoms with Crippen LogP contribution in [0.3, 0.4) is 0 Å². The Morgan fingerprint density at radius 3 is 2.53 bits per heavy atom. The van der Waals surface area contributed by atoms with E-state index >= 15 is 0 Å². The molecule has 1 fully saturated rings. The third kappa shape index (κ3) is 3.89. The smallest absolute Gasteiger partial charge is 0.242 e. The fourth-order valence-corrected chi connectivity index (χ4v) is 4.58. The molecule has 0 unspecified atom stereocenters. The molecule has 30 heavy (non-hydrogen) atoms. The molecule has 1 aliphatic carbocycles. The van der Waals surface area contributed by atoms with Gasteiger partial charge in [0.05, 0.1) is 28.6 Å². The number of nitrogens with one attached hydrogen (secondary N) is 1. The van der Waals surface area contributed by atoms with E-state index in [1.54, 1.807) is 6.07 Å². The van der Waals surface area contributed by atoms with E-state index in [2.05, 4.69) is 4.98 Å². The summed E-state index contributed by atoms with van der Waals surface area (Å²) in [4.78, 5) is 4.02. The molecule has 0 saturated heterocycles. The Kier molecular flexibility index (Phi) is 5.46. The third-order valence-corrected chi connectivity index (χ3v) is 6.69. The summed E-state index contributed by atoms with van der Waals surface area (Å²) in [5.74, 6) is 0.101. The van der Waals surface area contributed by atoms with Crippen molar-refractivity contribution < 1.29 is 21.6 Å². The molecule has 0 aliphatic heterocycles. The number of anilines is 1. The van der Waals surface area contributed by atoms with Crippen molar-refractivity contribution in [1.82, 2.24) is 14.3 Å². The number of nitrogens with two attached hydrogens (primary N) is 1. The molecular formula is C20H21F3N4O2S. The summed E-state index contributed by atoms with van der Waals surface area (Å²) in [6, 6.07) is 5.72. The van der Waals surface area contributed by atoms with Crippen LogP contribution in [0.4, 0.5) is 18.9 Å². The zero-order valence-electron chi connectivity index (χ0n) is 16.0. The first-order chi connectivity index (χ1) is 14.3. The number of aromatic nitrogens is 2. The van der Waals surface area contributed by atoms with Gasteiger partial charge in [0.2, 0.25) is 10.0 Å². The van der Waals surface area contributed by atoms with E-state index in [1.165, 1.54) is 24.3 Å². The SMILES string of the molecule is Nc1c(-c2ccc(S(=O)(=O)NC(CF)CF)cn2)n(CC2CC2)c2cc(F)ccc12. The van der Waals surface area contributed by atoms with E-state index in [-0.39, 0.29) is 10.7 Å². The molecule has 0 spiro atoms. The third-order valence-electron chi connectivity index (χ3n) is 5.19. The molecule has 2 aromatic heterocycles. The van der Waals surface area contributed by atoms with E-state index in [9.17, 15) is 21.6 Å². The minimum atomic E-state index is -4.12. The number of pyridine rings is 1. The molecule has 0 atom stereocenters. The molecule has 1 aliphatic rings. The predicted molar refractivity (Wildman–Crippen MR) is 108 cm³/mol. The van der Waals surface area contributed by atoms with Crippen LogP contribution in [-0.2, 0) is 16.6 Å². The lowest BCUT2D eigenvalue weighted by atomic mass is 10.2. The Labute approximate surface area is 172 Å². The van der Waals surface area contributed by atoms with Gasteiger partial charge in [-0.25, -0.2) is 26.3 Å². The van der Waals surface area contributed by atoms with Gasteiger partial charge in [0.1, 0.15) is 24.1 Å². The lowest BCUT2D eigenvalue weighted by Crippen LogP contribution is -2.37. The minimum absolute atomic E-state index is 0.215. The lowest BCUT2D eigenvalue weighted by molar-refractivity contribution is 0.334. The summed E-state index contributed by atoms with van der Waals surface area (Å²) < 4.78 is 67.8. The van der Waals surface area contributed by atoms with Crippen LogP contribution in [-0.4, -0.2) is 37.4 Å². The first kappa shape index (κ1) is 20.7. The highest BCUT2D eigenvalue weighted by Crippen LogP contribution is 2.39. The second-order valence-corrected chi connectivity index (χ2v) is 9.20. The van der Waals surface area contributed by atoms with Crippen molar-refractivity contribution >= 4 is 26.6 Å². The van der Waals surface area contributed by atoms with Crippen LogP contribution in [0, 0.1) is 11.7 Å². The van der Waals surface area contributed by atoms with E-state index in [4.69, 9.17) is 5.73 Å². The summed E-state index contributed by atoms with van der Waals surface area (Å²) in [5.41, 5.74) is 8.45. The van der Waals surface area contributed by atoms with Crippen LogP contribution in [0.25, 0.3) is 22.3 Å². The van der Waals surface area contributed by atoms with Crippen molar-refractivity contribution in [2.75, 3.05) is 19.1 Å². The predicted octanol–water partition coefficient (Wildman–Crippen LogP) is 3.42. The molecule has 160 valence electrons. The number of hydrogen-bond acceptors (Lipinski definition) is 4. The molecule has 0 radical (unpaired) electrons. The Balaban J connectivity index is 1.75. The van der Waals surface area contributed by atoms with Crippen molar-refractivity contribution in [3.63, 3.8) is 0 Å². The van der Waals surface area contributed by atoms with E-state index in [1.807, 2.05) is 9.29 Å². The van der Waals surface area contributed by atoms with Gasteiger partial charge >= 0.3 is 0 Å². The van der Waals surface area contributed by atoms with Crippen LogP contribution in [0.15, 0.2) is 41.4 Å².